The quantitative estimate of drug-likeness (QED) is 0.858. The van der Waals surface area contributed by atoms with Gasteiger partial charge in [0, 0.05) is 0 Å². The molecule has 0 radical (unpaired) electrons. The second-order valence-electron chi connectivity index (χ2n) is 4.11. The molecule has 0 fully saturated rings. The summed E-state index contributed by atoms with van der Waals surface area (Å²) in [6.45, 7) is 1.90. The van der Waals surface area contributed by atoms with Crippen molar-refractivity contribution in [3.05, 3.63) is 60.2 Å². The normalized spacial score (nSPS) is 15.3. The molecule has 0 heterocycles. The third-order valence-corrected chi connectivity index (χ3v) is 5.44. The minimum absolute atomic E-state index is 0.0749. The van der Waals surface area contributed by atoms with Gasteiger partial charge in [-0.25, -0.2) is 8.88 Å². The van der Waals surface area contributed by atoms with Crippen LogP contribution >= 0.6 is 15.9 Å². The summed E-state index contributed by atoms with van der Waals surface area (Å²) in [7, 11) is -7.26. The molecule has 7 heteroatoms. The smallest absolute Gasteiger partial charge is 0.375 e. The van der Waals surface area contributed by atoms with Crippen LogP contribution in [0.15, 0.2) is 54.6 Å². The lowest BCUT2D eigenvalue weighted by atomic mass is 10.2. The summed E-state index contributed by atoms with van der Waals surface area (Å²) in [6, 6.07) is 14.6. The van der Waals surface area contributed by atoms with Crippen LogP contribution in [-0.4, -0.2) is 4.89 Å². The van der Waals surface area contributed by atoms with E-state index in [1.807, 2.05) is 6.92 Å². The van der Waals surface area contributed by atoms with E-state index >= 15 is 0 Å². The van der Waals surface area contributed by atoms with Gasteiger partial charge in [0.15, 0.2) is 0 Å². The molecule has 0 aliphatic rings. The first-order chi connectivity index (χ1) is 9.47. The molecule has 2 aromatic carbocycles. The van der Waals surface area contributed by atoms with Crippen molar-refractivity contribution in [2.45, 2.75) is 6.92 Å². The molecule has 2 unspecified atom stereocenters. The molecule has 20 heavy (non-hydrogen) atoms. The molecule has 0 aliphatic heterocycles. The number of hydrogen-bond donors (Lipinski definition) is 1. The van der Waals surface area contributed by atoms with Gasteiger partial charge in [0.05, 0.1) is 5.30 Å². The molecule has 0 spiro atoms. The minimum atomic E-state index is -4.14. The molecule has 0 bridgehead atoms. The van der Waals surface area contributed by atoms with E-state index in [0.717, 1.165) is 5.56 Å². The van der Waals surface area contributed by atoms with Crippen LogP contribution in [0.3, 0.4) is 0 Å². The fourth-order valence-electron chi connectivity index (χ4n) is 1.49. The molecule has 0 aliphatic carbocycles. The van der Waals surface area contributed by atoms with Crippen LogP contribution in [0.25, 0.3) is 0 Å². The molecule has 2 rings (SSSR count). The third-order valence-electron chi connectivity index (χ3n) is 2.50. The van der Waals surface area contributed by atoms with E-state index in [9.17, 15) is 14.0 Å². The van der Waals surface area contributed by atoms with Gasteiger partial charge >= 0.3 is 15.9 Å². The molecule has 5 nitrogen and oxygen atoms in total. The highest BCUT2D eigenvalue weighted by Crippen LogP contribution is 2.50. The molecular formula is C13H14O5P2. The van der Waals surface area contributed by atoms with Crippen molar-refractivity contribution < 1.29 is 22.9 Å². The van der Waals surface area contributed by atoms with Gasteiger partial charge in [0.1, 0.15) is 5.75 Å². The number of rotatable bonds is 5. The van der Waals surface area contributed by atoms with Crippen LogP contribution in [0.1, 0.15) is 5.56 Å². The van der Waals surface area contributed by atoms with Gasteiger partial charge in [-0.1, -0.05) is 35.9 Å². The monoisotopic (exact) mass is 312 g/mol. The summed E-state index contributed by atoms with van der Waals surface area (Å²) < 4.78 is 33.4. The highest BCUT2D eigenvalue weighted by Gasteiger charge is 2.26. The molecule has 0 saturated carbocycles. The van der Waals surface area contributed by atoms with Crippen molar-refractivity contribution in [1.29, 1.82) is 0 Å². The van der Waals surface area contributed by atoms with Crippen molar-refractivity contribution in [3.8, 4) is 5.75 Å². The summed E-state index contributed by atoms with van der Waals surface area (Å²) in [5.74, 6) is 0.326. The molecule has 2 aromatic rings. The Morgan fingerprint density at radius 3 is 2.25 bits per heavy atom. The van der Waals surface area contributed by atoms with Crippen LogP contribution in [0.4, 0.5) is 0 Å². The average Bonchev–Trinajstić information content (AvgIpc) is 2.42. The summed E-state index contributed by atoms with van der Waals surface area (Å²) in [4.78, 5) is 9.76. The van der Waals surface area contributed by atoms with E-state index in [0.29, 0.717) is 5.75 Å². The van der Waals surface area contributed by atoms with Gasteiger partial charge in [-0.2, -0.15) is 0 Å². The Hall–Kier alpha value is -1.38. The molecule has 0 saturated heterocycles. The lowest BCUT2D eigenvalue weighted by molar-refractivity contribution is 0.363. The minimum Gasteiger partial charge on any atom is -0.426 e. The molecule has 2 atom stereocenters. The van der Waals surface area contributed by atoms with Crippen molar-refractivity contribution in [1.82, 2.24) is 0 Å². The maximum Gasteiger partial charge on any atom is 0.375 e. The van der Waals surface area contributed by atoms with Crippen molar-refractivity contribution >= 4 is 21.2 Å². The van der Waals surface area contributed by atoms with E-state index in [-0.39, 0.29) is 5.30 Å². The average molecular weight is 312 g/mol. The number of aryl methyl sites for hydroxylation is 1. The Labute approximate surface area is 117 Å². The first-order valence-corrected chi connectivity index (χ1v) is 8.64. The predicted molar refractivity (Wildman–Crippen MR) is 77.8 cm³/mol. The van der Waals surface area contributed by atoms with E-state index in [1.54, 1.807) is 42.5 Å². The molecule has 106 valence electrons. The summed E-state index contributed by atoms with van der Waals surface area (Å²) in [5, 5.41) is 0.0749. The Morgan fingerprint density at radius 1 is 1.05 bits per heavy atom. The largest absolute Gasteiger partial charge is 0.426 e. The Morgan fingerprint density at radius 2 is 1.65 bits per heavy atom. The second kappa shape index (κ2) is 6.38. The summed E-state index contributed by atoms with van der Waals surface area (Å²) in [6.07, 6.45) is 0. The van der Waals surface area contributed by atoms with E-state index in [4.69, 9.17) is 8.83 Å². The van der Waals surface area contributed by atoms with Crippen LogP contribution in [0, 0.1) is 6.92 Å². The van der Waals surface area contributed by atoms with Gasteiger partial charge in [0.25, 0.3) is 0 Å². The SMILES string of the molecule is Cc1ccc(O[PH](=O)OP(=O)(O)c2ccccc2)cc1. The van der Waals surface area contributed by atoms with Crippen molar-refractivity contribution in [2.24, 2.45) is 0 Å². The Balaban J connectivity index is 2.04. The van der Waals surface area contributed by atoms with Crippen LogP contribution in [-0.2, 0) is 13.4 Å². The maximum absolute atomic E-state index is 11.9. The first kappa shape index (κ1) is 15.0. The summed E-state index contributed by atoms with van der Waals surface area (Å²) in [5.41, 5.74) is 1.02. The topological polar surface area (TPSA) is 72.8 Å². The lowest BCUT2D eigenvalue weighted by Gasteiger charge is -2.12. The predicted octanol–water partition coefficient (Wildman–Crippen LogP) is 3.29. The zero-order valence-electron chi connectivity index (χ0n) is 10.7. The zero-order chi connectivity index (χ0) is 14.6. The zero-order valence-corrected chi connectivity index (χ0v) is 12.6. The van der Waals surface area contributed by atoms with Gasteiger partial charge in [-0.15, -0.1) is 0 Å². The standard InChI is InChI=1S/C13H14O5P2/c1-11-7-9-12(10-8-11)17-19(14)18-20(15,16)13-5-3-2-4-6-13/h2-10,19H,1H3,(H,15,16). The Kier molecular flexibility index (Phi) is 4.79. The second-order valence-corrected chi connectivity index (χ2v) is 7.10. The molecule has 0 aromatic heterocycles. The van der Waals surface area contributed by atoms with Crippen LogP contribution in [0.5, 0.6) is 5.75 Å². The number of hydrogen-bond acceptors (Lipinski definition) is 4. The Bertz CT molecular complexity index is 640. The fraction of sp³-hybridized carbons (Fsp3) is 0.0769. The van der Waals surface area contributed by atoms with E-state index in [1.165, 1.54) is 12.1 Å². The van der Waals surface area contributed by atoms with Gasteiger partial charge in [-0.05, 0) is 31.2 Å². The molecule has 1 N–H and O–H groups in total. The maximum atomic E-state index is 11.9. The number of benzene rings is 2. The fourth-order valence-corrected chi connectivity index (χ4v) is 3.75. The van der Waals surface area contributed by atoms with Crippen LogP contribution in [0.2, 0.25) is 0 Å². The highest BCUT2D eigenvalue weighted by molar-refractivity contribution is 7.66. The first-order valence-electron chi connectivity index (χ1n) is 5.84. The van der Waals surface area contributed by atoms with Crippen LogP contribution < -0.4 is 9.83 Å². The van der Waals surface area contributed by atoms with Crippen molar-refractivity contribution in [3.63, 3.8) is 0 Å². The lowest BCUT2D eigenvalue weighted by Crippen LogP contribution is -2.04. The highest BCUT2D eigenvalue weighted by atomic mass is 31.2. The summed E-state index contributed by atoms with van der Waals surface area (Å²) >= 11 is 0. The third kappa shape index (κ3) is 4.06. The van der Waals surface area contributed by atoms with Gasteiger partial charge in [-0.3, -0.25) is 4.57 Å². The van der Waals surface area contributed by atoms with Gasteiger partial charge < -0.3 is 9.42 Å². The molecule has 0 amide bonds. The van der Waals surface area contributed by atoms with E-state index in [2.05, 4.69) is 0 Å². The van der Waals surface area contributed by atoms with E-state index < -0.39 is 15.9 Å². The molecular weight excluding hydrogens is 298 g/mol. The van der Waals surface area contributed by atoms with Gasteiger partial charge in [0.2, 0.25) is 0 Å². The van der Waals surface area contributed by atoms with Crippen molar-refractivity contribution in [2.75, 3.05) is 0 Å².